The zero-order valence-corrected chi connectivity index (χ0v) is 37.1. The molecule has 0 aliphatic heterocycles. The van der Waals surface area contributed by atoms with Crippen molar-refractivity contribution in [2.24, 2.45) is 0 Å². The van der Waals surface area contributed by atoms with Crippen LogP contribution in [0.1, 0.15) is 213 Å². The Bertz CT molecular complexity index is 1100. The maximum atomic E-state index is 12.7. The molecule has 0 aromatic heterocycles. The smallest absolute Gasteiger partial charge is 0.306 e. The molecule has 1 atom stereocenters. The van der Waals surface area contributed by atoms with Gasteiger partial charge >= 0.3 is 17.9 Å². The molecule has 326 valence electrons. The predicted molar refractivity (Wildman–Crippen MR) is 242 cm³/mol. The van der Waals surface area contributed by atoms with E-state index in [0.717, 1.165) is 89.9 Å². The van der Waals surface area contributed by atoms with Gasteiger partial charge in [0.25, 0.3) is 0 Å². The lowest BCUT2D eigenvalue weighted by atomic mass is 10.1. The molecule has 0 saturated heterocycles. The number of allylic oxidation sites excluding steroid dienone is 12. The summed E-state index contributed by atoms with van der Waals surface area (Å²) < 4.78 is 16.7. The van der Waals surface area contributed by atoms with Gasteiger partial charge in [-0.15, -0.1) is 0 Å². The predicted octanol–water partition coefficient (Wildman–Crippen LogP) is 15.1. The van der Waals surface area contributed by atoms with Gasteiger partial charge in [-0.3, -0.25) is 14.4 Å². The van der Waals surface area contributed by atoms with E-state index in [4.69, 9.17) is 14.2 Å². The number of ether oxygens (including phenoxy) is 3. The van der Waals surface area contributed by atoms with Gasteiger partial charge < -0.3 is 14.2 Å². The van der Waals surface area contributed by atoms with Crippen LogP contribution in [0.4, 0.5) is 0 Å². The summed E-state index contributed by atoms with van der Waals surface area (Å²) in [6, 6.07) is 0. The minimum atomic E-state index is -0.801. The van der Waals surface area contributed by atoms with E-state index in [9.17, 15) is 14.4 Å². The Kier molecular flexibility index (Phi) is 43.0. The molecule has 57 heavy (non-hydrogen) atoms. The number of hydrogen-bond donors (Lipinski definition) is 0. The number of hydrogen-bond acceptors (Lipinski definition) is 6. The van der Waals surface area contributed by atoms with E-state index in [2.05, 4.69) is 57.2 Å². The number of rotatable bonds is 41. The third-order valence-corrected chi connectivity index (χ3v) is 9.76. The summed E-state index contributed by atoms with van der Waals surface area (Å²) in [5.74, 6) is -0.966. The summed E-state index contributed by atoms with van der Waals surface area (Å²) in [5.41, 5.74) is 0. The number of esters is 3. The summed E-state index contributed by atoms with van der Waals surface area (Å²) in [5, 5.41) is 0. The van der Waals surface area contributed by atoms with Gasteiger partial charge in [0, 0.05) is 19.3 Å². The van der Waals surface area contributed by atoms with Gasteiger partial charge in [-0.2, -0.15) is 0 Å². The van der Waals surface area contributed by atoms with E-state index in [1.54, 1.807) is 0 Å². The van der Waals surface area contributed by atoms with Gasteiger partial charge in [-0.05, 0) is 83.5 Å². The van der Waals surface area contributed by atoms with E-state index >= 15 is 0 Å². The first kappa shape index (κ1) is 53.9. The van der Waals surface area contributed by atoms with Crippen LogP contribution in [-0.4, -0.2) is 37.2 Å². The first-order chi connectivity index (χ1) is 28.0. The Morgan fingerprint density at radius 2 is 0.719 bits per heavy atom. The molecule has 0 radical (unpaired) electrons. The van der Waals surface area contributed by atoms with Crippen molar-refractivity contribution in [3.05, 3.63) is 72.9 Å². The summed E-state index contributed by atoms with van der Waals surface area (Å²) in [7, 11) is 0. The van der Waals surface area contributed by atoms with Crippen LogP contribution in [0.2, 0.25) is 0 Å². The van der Waals surface area contributed by atoms with Crippen molar-refractivity contribution >= 4 is 17.9 Å². The third-order valence-electron chi connectivity index (χ3n) is 9.76. The van der Waals surface area contributed by atoms with Gasteiger partial charge in [0.15, 0.2) is 6.10 Å². The van der Waals surface area contributed by atoms with Gasteiger partial charge in [-0.1, -0.05) is 184 Å². The molecular formula is C51H86O6. The van der Waals surface area contributed by atoms with Crippen LogP contribution < -0.4 is 0 Å². The van der Waals surface area contributed by atoms with Crippen LogP contribution in [0.15, 0.2) is 72.9 Å². The maximum Gasteiger partial charge on any atom is 0.306 e. The van der Waals surface area contributed by atoms with Crippen molar-refractivity contribution in [3.63, 3.8) is 0 Å². The van der Waals surface area contributed by atoms with Crippen LogP contribution in [-0.2, 0) is 28.6 Å². The van der Waals surface area contributed by atoms with E-state index in [-0.39, 0.29) is 37.5 Å². The summed E-state index contributed by atoms with van der Waals surface area (Å²) in [4.78, 5) is 37.7. The lowest BCUT2D eigenvalue weighted by Gasteiger charge is -2.18. The minimum absolute atomic E-state index is 0.1000. The van der Waals surface area contributed by atoms with Crippen molar-refractivity contribution in [2.75, 3.05) is 13.2 Å². The Labute approximate surface area is 351 Å². The second kappa shape index (κ2) is 45.6. The first-order valence-corrected chi connectivity index (χ1v) is 23.5. The van der Waals surface area contributed by atoms with Crippen LogP contribution in [0, 0.1) is 0 Å². The van der Waals surface area contributed by atoms with E-state index in [1.807, 2.05) is 36.5 Å². The van der Waals surface area contributed by atoms with Crippen molar-refractivity contribution in [1.82, 2.24) is 0 Å². The van der Waals surface area contributed by atoms with E-state index < -0.39 is 6.10 Å². The number of carbonyl (C=O) groups excluding carboxylic acids is 3. The van der Waals surface area contributed by atoms with Crippen LogP contribution in [0.5, 0.6) is 0 Å². The summed E-state index contributed by atoms with van der Waals surface area (Å²) in [6.07, 6.45) is 56.0. The SMILES string of the molecule is CC\C=C/C=C\C=C/C=C\CCCCCC(=O)OC(COC(=O)CCCCCC/C=C\CCCC)COC(=O)CCCCCCC/C=C\CCCCCCCCC. The van der Waals surface area contributed by atoms with E-state index in [0.29, 0.717) is 19.3 Å². The Morgan fingerprint density at radius 1 is 0.368 bits per heavy atom. The fraction of sp³-hybridized carbons (Fsp3) is 0.706. The average molecular weight is 795 g/mol. The highest BCUT2D eigenvalue weighted by molar-refractivity contribution is 5.71. The van der Waals surface area contributed by atoms with Crippen LogP contribution in [0.3, 0.4) is 0 Å². The topological polar surface area (TPSA) is 78.9 Å². The molecular weight excluding hydrogens is 709 g/mol. The molecule has 0 spiro atoms. The fourth-order valence-corrected chi connectivity index (χ4v) is 6.19. The molecule has 0 amide bonds. The molecule has 6 nitrogen and oxygen atoms in total. The van der Waals surface area contributed by atoms with Crippen molar-refractivity contribution in [1.29, 1.82) is 0 Å². The van der Waals surface area contributed by atoms with Gasteiger partial charge in [0.2, 0.25) is 0 Å². The standard InChI is InChI=1S/C51H86O6/c1-4-7-10-13-16-19-22-24-25-26-28-29-32-35-38-41-44-50(53)56-47-48(46-55-49(52)43-40-37-34-31-21-18-15-12-9-6-3)57-51(54)45-42-39-36-33-30-27-23-20-17-14-11-8-5-2/h8,11,14-15,17-18,20,23,25-27,30,48H,4-7,9-10,12-13,16,19,21-22,24,28-29,31-47H2,1-3H3/b11-8-,17-14-,18-15-,23-20-,26-25-,30-27-. The number of unbranched alkanes of at least 4 members (excludes halogenated alkanes) is 21. The lowest BCUT2D eigenvalue weighted by molar-refractivity contribution is -0.167. The second-order valence-corrected chi connectivity index (χ2v) is 15.4. The van der Waals surface area contributed by atoms with Crippen LogP contribution >= 0.6 is 0 Å². The average Bonchev–Trinajstić information content (AvgIpc) is 3.21. The highest BCUT2D eigenvalue weighted by Crippen LogP contribution is 2.13. The third kappa shape index (κ3) is 43.8. The minimum Gasteiger partial charge on any atom is -0.462 e. The Balaban J connectivity index is 4.44. The molecule has 0 fully saturated rings. The lowest BCUT2D eigenvalue weighted by Crippen LogP contribution is -2.30. The molecule has 0 aromatic carbocycles. The molecule has 6 heteroatoms. The quantitative estimate of drug-likeness (QED) is 0.0202. The zero-order chi connectivity index (χ0) is 41.5. The molecule has 1 unspecified atom stereocenters. The maximum absolute atomic E-state index is 12.7. The molecule has 0 N–H and O–H groups in total. The first-order valence-electron chi connectivity index (χ1n) is 23.5. The zero-order valence-electron chi connectivity index (χ0n) is 37.1. The van der Waals surface area contributed by atoms with Crippen LogP contribution in [0.25, 0.3) is 0 Å². The second-order valence-electron chi connectivity index (χ2n) is 15.4. The highest BCUT2D eigenvalue weighted by Gasteiger charge is 2.19. The molecule has 0 aliphatic rings. The summed E-state index contributed by atoms with van der Waals surface area (Å²) >= 11 is 0. The van der Waals surface area contributed by atoms with Gasteiger partial charge in [-0.25, -0.2) is 0 Å². The molecule has 0 rings (SSSR count). The Morgan fingerprint density at radius 3 is 1.19 bits per heavy atom. The molecule has 0 aromatic rings. The van der Waals surface area contributed by atoms with E-state index in [1.165, 1.54) is 77.0 Å². The largest absolute Gasteiger partial charge is 0.462 e. The molecule has 0 heterocycles. The van der Waals surface area contributed by atoms with Gasteiger partial charge in [0.05, 0.1) is 0 Å². The van der Waals surface area contributed by atoms with Crippen molar-refractivity contribution in [3.8, 4) is 0 Å². The molecule has 0 aliphatic carbocycles. The summed E-state index contributed by atoms with van der Waals surface area (Å²) in [6.45, 7) is 6.38. The highest BCUT2D eigenvalue weighted by atomic mass is 16.6. The van der Waals surface area contributed by atoms with Gasteiger partial charge in [0.1, 0.15) is 13.2 Å². The molecule has 0 saturated carbocycles. The fourth-order valence-electron chi connectivity index (χ4n) is 6.19. The number of carbonyl (C=O) groups is 3. The monoisotopic (exact) mass is 795 g/mol. The normalized spacial score (nSPS) is 12.7. The van der Waals surface area contributed by atoms with Crippen molar-refractivity contribution in [2.45, 2.75) is 219 Å². The van der Waals surface area contributed by atoms with Crippen molar-refractivity contribution < 1.29 is 28.6 Å². The Hall–Kier alpha value is -3.15. The molecule has 0 bridgehead atoms.